The Labute approximate surface area is 150 Å². The number of anilines is 1. The Morgan fingerprint density at radius 3 is 2.62 bits per heavy atom. The summed E-state index contributed by atoms with van der Waals surface area (Å²) in [6.45, 7) is 0. The Balaban J connectivity index is 2.05. The molecule has 4 rings (SSSR count). The van der Waals surface area contributed by atoms with Gasteiger partial charge in [0.25, 0.3) is 5.56 Å². The van der Waals surface area contributed by atoms with Crippen LogP contribution in [0.3, 0.4) is 0 Å². The summed E-state index contributed by atoms with van der Waals surface area (Å²) in [6.07, 6.45) is -2.06. The highest BCUT2D eigenvalue weighted by molar-refractivity contribution is 6.33. The highest BCUT2D eigenvalue weighted by Crippen LogP contribution is 2.34. The van der Waals surface area contributed by atoms with E-state index >= 15 is 0 Å². The van der Waals surface area contributed by atoms with E-state index in [-0.39, 0.29) is 28.1 Å². The lowest BCUT2D eigenvalue weighted by atomic mass is 10.1. The fourth-order valence-electron chi connectivity index (χ4n) is 2.66. The van der Waals surface area contributed by atoms with Crippen molar-refractivity contribution in [2.24, 2.45) is 0 Å². The molecule has 2 heterocycles. The number of benzene rings is 1. The average Bonchev–Trinajstić information content (AvgIpc) is 3.39. The summed E-state index contributed by atoms with van der Waals surface area (Å²) >= 11 is 6.16. The SMILES string of the molecule is O=c1nc(NC2CC2)n2ncc(C(F)(F)F)cc2c1-c1ccccc1Cl. The van der Waals surface area contributed by atoms with Crippen LogP contribution in [0.2, 0.25) is 5.02 Å². The van der Waals surface area contributed by atoms with Crippen LogP contribution in [0.1, 0.15) is 18.4 Å². The van der Waals surface area contributed by atoms with Gasteiger partial charge in [-0.05, 0) is 25.0 Å². The molecular formula is C17H12ClF3N4O. The molecule has 0 aliphatic heterocycles. The van der Waals surface area contributed by atoms with E-state index in [1.165, 1.54) is 4.52 Å². The van der Waals surface area contributed by atoms with Crippen LogP contribution in [0.25, 0.3) is 16.6 Å². The third kappa shape index (κ3) is 3.01. The molecule has 0 radical (unpaired) electrons. The molecule has 0 unspecified atom stereocenters. The van der Waals surface area contributed by atoms with E-state index in [4.69, 9.17) is 11.6 Å². The van der Waals surface area contributed by atoms with E-state index in [0.29, 0.717) is 11.8 Å². The Bertz CT molecular complexity index is 1060. The summed E-state index contributed by atoms with van der Waals surface area (Å²) < 4.78 is 40.7. The molecule has 1 aliphatic rings. The van der Waals surface area contributed by atoms with E-state index in [0.717, 1.165) is 18.9 Å². The molecule has 26 heavy (non-hydrogen) atoms. The number of nitrogens with one attached hydrogen (secondary N) is 1. The van der Waals surface area contributed by atoms with Crippen molar-refractivity contribution in [3.8, 4) is 11.1 Å². The normalized spacial score (nSPS) is 14.6. The van der Waals surface area contributed by atoms with Gasteiger partial charge in [-0.2, -0.15) is 27.8 Å². The predicted molar refractivity (Wildman–Crippen MR) is 91.3 cm³/mol. The van der Waals surface area contributed by atoms with Crippen LogP contribution in [-0.2, 0) is 6.18 Å². The van der Waals surface area contributed by atoms with Crippen molar-refractivity contribution < 1.29 is 13.2 Å². The lowest BCUT2D eigenvalue weighted by Crippen LogP contribution is -2.21. The van der Waals surface area contributed by atoms with Gasteiger partial charge in [0.15, 0.2) is 0 Å². The van der Waals surface area contributed by atoms with Gasteiger partial charge in [0.2, 0.25) is 5.95 Å². The molecule has 1 aliphatic carbocycles. The first-order valence-electron chi connectivity index (χ1n) is 7.86. The second-order valence-electron chi connectivity index (χ2n) is 6.05. The highest BCUT2D eigenvalue weighted by atomic mass is 35.5. The highest BCUT2D eigenvalue weighted by Gasteiger charge is 2.32. The van der Waals surface area contributed by atoms with E-state index in [1.807, 2.05) is 0 Å². The predicted octanol–water partition coefficient (Wildman–Crippen LogP) is 4.00. The first-order valence-corrected chi connectivity index (χ1v) is 8.24. The first-order chi connectivity index (χ1) is 12.3. The minimum Gasteiger partial charge on any atom is -0.351 e. The van der Waals surface area contributed by atoms with Crippen molar-refractivity contribution in [2.45, 2.75) is 25.1 Å². The summed E-state index contributed by atoms with van der Waals surface area (Å²) in [5.74, 6) is 0.122. The second kappa shape index (κ2) is 5.98. The third-order valence-corrected chi connectivity index (χ3v) is 4.42. The maximum absolute atomic E-state index is 13.2. The molecule has 1 fully saturated rings. The Kier molecular flexibility index (Phi) is 3.87. The quantitative estimate of drug-likeness (QED) is 0.746. The van der Waals surface area contributed by atoms with Crippen molar-refractivity contribution >= 4 is 23.1 Å². The van der Waals surface area contributed by atoms with Crippen LogP contribution >= 0.6 is 11.6 Å². The van der Waals surface area contributed by atoms with Gasteiger partial charge in [-0.1, -0.05) is 29.8 Å². The van der Waals surface area contributed by atoms with Crippen LogP contribution in [-0.4, -0.2) is 20.6 Å². The lowest BCUT2D eigenvalue weighted by molar-refractivity contribution is -0.137. The minimum atomic E-state index is -4.59. The number of alkyl halides is 3. The minimum absolute atomic E-state index is 0.00363. The van der Waals surface area contributed by atoms with Crippen LogP contribution in [0.15, 0.2) is 41.3 Å². The van der Waals surface area contributed by atoms with Crippen molar-refractivity contribution in [3.63, 3.8) is 0 Å². The Hall–Kier alpha value is -2.61. The van der Waals surface area contributed by atoms with Gasteiger partial charge >= 0.3 is 6.18 Å². The number of fused-ring (bicyclic) bond motifs is 1. The zero-order chi connectivity index (χ0) is 18.5. The molecule has 9 heteroatoms. The molecule has 0 amide bonds. The topological polar surface area (TPSA) is 59.3 Å². The monoisotopic (exact) mass is 380 g/mol. The van der Waals surface area contributed by atoms with Crippen LogP contribution in [0.5, 0.6) is 0 Å². The molecule has 0 saturated heterocycles. The summed E-state index contributed by atoms with van der Waals surface area (Å²) in [5, 5.41) is 7.15. The standard InChI is InChI=1S/C17H12ClF3N4O/c18-12-4-2-1-3-11(12)14-13-7-9(17(19,20)21)8-22-25(13)16(24-15(14)26)23-10-5-6-10/h1-4,7-8,10H,5-6H2,(H,23,24,26). The van der Waals surface area contributed by atoms with Gasteiger partial charge in [-0.25, -0.2) is 0 Å². The fourth-order valence-corrected chi connectivity index (χ4v) is 2.89. The lowest BCUT2D eigenvalue weighted by Gasteiger charge is -2.14. The van der Waals surface area contributed by atoms with Gasteiger partial charge in [0.05, 0.1) is 22.8 Å². The molecule has 5 nitrogen and oxygen atoms in total. The van der Waals surface area contributed by atoms with Gasteiger partial charge in [-0.15, -0.1) is 0 Å². The van der Waals surface area contributed by atoms with E-state index < -0.39 is 17.3 Å². The number of hydrogen-bond donors (Lipinski definition) is 1. The van der Waals surface area contributed by atoms with Crippen molar-refractivity contribution in [1.82, 2.24) is 14.6 Å². The smallest absolute Gasteiger partial charge is 0.351 e. The molecule has 3 aromatic rings. The number of nitrogens with zero attached hydrogens (tertiary/aromatic N) is 3. The van der Waals surface area contributed by atoms with E-state index in [1.54, 1.807) is 24.3 Å². The van der Waals surface area contributed by atoms with Crippen LogP contribution in [0.4, 0.5) is 19.1 Å². The molecule has 2 aromatic heterocycles. The number of rotatable bonds is 3. The first kappa shape index (κ1) is 16.8. The third-order valence-electron chi connectivity index (χ3n) is 4.09. The van der Waals surface area contributed by atoms with Gasteiger partial charge in [0.1, 0.15) is 0 Å². The molecule has 0 spiro atoms. The largest absolute Gasteiger partial charge is 0.418 e. The summed E-state index contributed by atoms with van der Waals surface area (Å²) in [4.78, 5) is 16.6. The average molecular weight is 381 g/mol. The van der Waals surface area contributed by atoms with E-state index in [9.17, 15) is 18.0 Å². The zero-order valence-corrected chi connectivity index (χ0v) is 14.0. The van der Waals surface area contributed by atoms with Gasteiger partial charge < -0.3 is 5.32 Å². The molecule has 1 saturated carbocycles. The van der Waals surface area contributed by atoms with Crippen molar-refractivity contribution in [3.05, 3.63) is 57.5 Å². The molecule has 1 aromatic carbocycles. The molecule has 134 valence electrons. The molecular weight excluding hydrogens is 369 g/mol. The molecule has 0 atom stereocenters. The number of aromatic nitrogens is 3. The summed E-state index contributed by atoms with van der Waals surface area (Å²) in [7, 11) is 0. The van der Waals surface area contributed by atoms with Crippen LogP contribution < -0.4 is 10.9 Å². The summed E-state index contributed by atoms with van der Waals surface area (Å²) in [6, 6.07) is 7.48. The number of hydrogen-bond acceptors (Lipinski definition) is 4. The second-order valence-corrected chi connectivity index (χ2v) is 6.46. The van der Waals surface area contributed by atoms with Gasteiger partial charge in [0, 0.05) is 16.6 Å². The Morgan fingerprint density at radius 2 is 1.96 bits per heavy atom. The maximum atomic E-state index is 13.2. The zero-order valence-electron chi connectivity index (χ0n) is 13.2. The molecule has 0 bridgehead atoms. The summed E-state index contributed by atoms with van der Waals surface area (Å²) in [5.41, 5.74) is -1.33. The molecule has 1 N–H and O–H groups in total. The van der Waals surface area contributed by atoms with E-state index in [2.05, 4.69) is 15.4 Å². The fraction of sp³-hybridized carbons (Fsp3) is 0.235. The van der Waals surface area contributed by atoms with Crippen molar-refractivity contribution in [1.29, 1.82) is 0 Å². The number of halogens is 4. The maximum Gasteiger partial charge on any atom is 0.418 e. The van der Waals surface area contributed by atoms with Crippen LogP contribution in [0, 0.1) is 0 Å². The van der Waals surface area contributed by atoms with Gasteiger partial charge in [-0.3, -0.25) is 4.79 Å². The Morgan fingerprint density at radius 1 is 1.23 bits per heavy atom. The van der Waals surface area contributed by atoms with Crippen molar-refractivity contribution in [2.75, 3.05) is 5.32 Å².